The molecule has 4 rings (SSSR count). The number of methoxy groups -OCH3 is 1. The zero-order chi connectivity index (χ0) is 31.7. The third-order valence-corrected chi connectivity index (χ3v) is 9.68. The van der Waals surface area contributed by atoms with Crippen molar-refractivity contribution in [3.63, 3.8) is 0 Å². The zero-order valence-corrected chi connectivity index (χ0v) is 26.8. The first-order valence-corrected chi connectivity index (χ1v) is 16.7. The van der Waals surface area contributed by atoms with E-state index in [1.54, 1.807) is 12.1 Å². The van der Waals surface area contributed by atoms with Gasteiger partial charge in [-0.2, -0.15) is 4.31 Å². The van der Waals surface area contributed by atoms with Crippen molar-refractivity contribution in [2.24, 2.45) is 11.8 Å². The molecule has 0 unspecified atom stereocenters. The van der Waals surface area contributed by atoms with Crippen LogP contribution in [0.15, 0.2) is 59.5 Å². The molecule has 0 bridgehead atoms. The number of sulfonamides is 1. The highest BCUT2D eigenvalue weighted by Gasteiger charge is 2.50. The number of hydrogen-bond donors (Lipinski definition) is 2. The van der Waals surface area contributed by atoms with Gasteiger partial charge in [0.2, 0.25) is 10.0 Å². The molecule has 11 nitrogen and oxygen atoms in total. The molecule has 2 aliphatic rings. The molecule has 44 heavy (non-hydrogen) atoms. The highest BCUT2D eigenvalue weighted by atomic mass is 32.2. The number of ether oxygens (including phenoxy) is 5. The second kappa shape index (κ2) is 16.0. The van der Waals surface area contributed by atoms with E-state index in [0.29, 0.717) is 19.0 Å². The largest absolute Gasteiger partial charge is 0.497 e. The van der Waals surface area contributed by atoms with Crippen LogP contribution in [-0.4, -0.2) is 94.6 Å². The molecule has 2 saturated heterocycles. The molecular formula is C32H46N2O9S. The van der Waals surface area contributed by atoms with Gasteiger partial charge < -0.3 is 34.1 Å². The van der Waals surface area contributed by atoms with Crippen molar-refractivity contribution >= 4 is 16.1 Å². The van der Waals surface area contributed by atoms with Gasteiger partial charge in [-0.05, 0) is 48.6 Å². The van der Waals surface area contributed by atoms with Crippen LogP contribution in [0.3, 0.4) is 0 Å². The predicted molar refractivity (Wildman–Crippen MR) is 164 cm³/mol. The number of aliphatic hydroxyl groups excluding tert-OH is 1. The van der Waals surface area contributed by atoms with Gasteiger partial charge in [0.25, 0.3) is 0 Å². The standard InChI is InChI=1S/C32H46N2O9S/c1-5-6-16-40-28-20-41-31-30(28)29(21-42-31)43-32(36)33-26(17-23-10-8-7-9-11-23)27(35)19-34(18-22(2)3)44(37,38)25-14-12-24(39-4)13-15-25/h7-15,22,26-31,35H,5-6,16-21H2,1-4H3,(H,33,36)/t26-,27+,28+,29-,30-,31+/m0/s1. The Labute approximate surface area is 260 Å². The normalized spacial score (nSPS) is 23.0. The van der Waals surface area contributed by atoms with Crippen molar-refractivity contribution in [1.82, 2.24) is 9.62 Å². The number of alkyl carbamates (subject to hydrolysis) is 1. The van der Waals surface area contributed by atoms with Crippen LogP contribution in [-0.2, 0) is 35.4 Å². The maximum atomic E-state index is 13.7. The van der Waals surface area contributed by atoms with E-state index in [1.807, 2.05) is 44.2 Å². The number of fused-ring (bicyclic) bond motifs is 1. The summed E-state index contributed by atoms with van der Waals surface area (Å²) in [6.45, 7) is 6.96. The third kappa shape index (κ3) is 8.92. The van der Waals surface area contributed by atoms with Gasteiger partial charge in [-0.25, -0.2) is 13.2 Å². The van der Waals surface area contributed by atoms with Gasteiger partial charge in [0.1, 0.15) is 11.9 Å². The topological polar surface area (TPSA) is 133 Å². The van der Waals surface area contributed by atoms with E-state index >= 15 is 0 Å². The average molecular weight is 635 g/mol. The Morgan fingerprint density at radius 2 is 1.73 bits per heavy atom. The summed E-state index contributed by atoms with van der Waals surface area (Å²) in [6.07, 6.45) is -1.13. The summed E-state index contributed by atoms with van der Waals surface area (Å²) >= 11 is 0. The minimum Gasteiger partial charge on any atom is -0.497 e. The first-order chi connectivity index (χ1) is 21.1. The molecule has 244 valence electrons. The molecule has 0 aromatic heterocycles. The lowest BCUT2D eigenvalue weighted by Crippen LogP contribution is -2.52. The lowest BCUT2D eigenvalue weighted by Gasteiger charge is -2.31. The second-order valence-corrected chi connectivity index (χ2v) is 13.7. The number of unbranched alkanes of at least 4 members (excludes halogenated alkanes) is 1. The van der Waals surface area contributed by atoms with E-state index in [9.17, 15) is 18.3 Å². The first kappa shape index (κ1) is 34.1. The van der Waals surface area contributed by atoms with Crippen molar-refractivity contribution in [2.75, 3.05) is 40.0 Å². The third-order valence-electron chi connectivity index (χ3n) is 7.83. The fraction of sp³-hybridized carbons (Fsp3) is 0.594. The van der Waals surface area contributed by atoms with Gasteiger partial charge in [0.05, 0.1) is 49.4 Å². The minimum absolute atomic E-state index is 0.0165. The number of aliphatic hydroxyl groups is 1. The molecule has 0 saturated carbocycles. The Bertz CT molecular complexity index is 1280. The Morgan fingerprint density at radius 1 is 1.05 bits per heavy atom. The molecule has 0 radical (unpaired) electrons. The maximum Gasteiger partial charge on any atom is 0.407 e. The van der Waals surface area contributed by atoms with Crippen LogP contribution in [0.4, 0.5) is 4.79 Å². The van der Waals surface area contributed by atoms with Crippen molar-refractivity contribution in [3.8, 4) is 5.75 Å². The van der Waals surface area contributed by atoms with Gasteiger partial charge in [-0.1, -0.05) is 57.5 Å². The quantitative estimate of drug-likeness (QED) is 0.266. The van der Waals surface area contributed by atoms with Crippen molar-refractivity contribution in [1.29, 1.82) is 0 Å². The molecule has 2 heterocycles. The van der Waals surface area contributed by atoms with Crippen LogP contribution in [0, 0.1) is 11.8 Å². The summed E-state index contributed by atoms with van der Waals surface area (Å²) < 4.78 is 57.1. The fourth-order valence-corrected chi connectivity index (χ4v) is 7.12. The lowest BCUT2D eigenvalue weighted by atomic mass is 10.00. The van der Waals surface area contributed by atoms with E-state index in [2.05, 4.69) is 12.2 Å². The van der Waals surface area contributed by atoms with Gasteiger partial charge in [0.15, 0.2) is 6.29 Å². The van der Waals surface area contributed by atoms with Gasteiger partial charge in [-0.3, -0.25) is 0 Å². The summed E-state index contributed by atoms with van der Waals surface area (Å²) in [7, 11) is -2.46. The monoisotopic (exact) mass is 634 g/mol. The van der Waals surface area contributed by atoms with E-state index in [4.69, 9.17) is 23.7 Å². The van der Waals surface area contributed by atoms with Gasteiger partial charge in [0, 0.05) is 19.7 Å². The molecule has 2 aromatic carbocycles. The molecule has 6 atom stereocenters. The Hall–Kier alpha value is -2.74. The maximum absolute atomic E-state index is 13.7. The summed E-state index contributed by atoms with van der Waals surface area (Å²) in [4.78, 5) is 13.4. The Kier molecular flexibility index (Phi) is 12.4. The van der Waals surface area contributed by atoms with E-state index < -0.39 is 40.7 Å². The SMILES string of the molecule is CCCCO[C@@H]1CO[C@@H]2OC[C@H](OC(=O)N[C@@H](Cc3ccccc3)[C@H](O)CN(CC(C)C)S(=O)(=O)c3ccc(OC)cc3)[C@@H]21. The fourth-order valence-electron chi connectivity index (χ4n) is 5.50. The summed E-state index contributed by atoms with van der Waals surface area (Å²) in [5.74, 6) is 0.260. The van der Waals surface area contributed by atoms with Crippen LogP contribution in [0.2, 0.25) is 0 Å². The number of carbonyl (C=O) groups excluding carboxylic acids is 1. The average Bonchev–Trinajstić information content (AvgIpc) is 3.60. The van der Waals surface area contributed by atoms with Crippen LogP contribution in [0.5, 0.6) is 5.75 Å². The molecule has 2 fully saturated rings. The summed E-state index contributed by atoms with van der Waals surface area (Å²) in [5, 5.41) is 14.3. The smallest absolute Gasteiger partial charge is 0.407 e. The van der Waals surface area contributed by atoms with E-state index in [-0.39, 0.29) is 49.0 Å². The zero-order valence-electron chi connectivity index (χ0n) is 26.0. The molecule has 2 aliphatic heterocycles. The molecule has 2 aromatic rings. The molecular weight excluding hydrogens is 588 g/mol. The van der Waals surface area contributed by atoms with Crippen LogP contribution < -0.4 is 10.1 Å². The van der Waals surface area contributed by atoms with E-state index in [1.165, 1.54) is 23.5 Å². The Balaban J connectivity index is 1.49. The van der Waals surface area contributed by atoms with Crippen molar-refractivity contribution < 1.29 is 42.0 Å². The number of carbonyl (C=O) groups is 1. The van der Waals surface area contributed by atoms with Crippen molar-refractivity contribution in [2.45, 2.75) is 75.6 Å². The van der Waals surface area contributed by atoms with E-state index in [0.717, 1.165) is 18.4 Å². The molecule has 2 N–H and O–H groups in total. The molecule has 0 spiro atoms. The molecule has 1 amide bonds. The summed E-state index contributed by atoms with van der Waals surface area (Å²) in [5.41, 5.74) is 0.864. The number of amides is 1. The summed E-state index contributed by atoms with van der Waals surface area (Å²) in [6, 6.07) is 14.7. The van der Waals surface area contributed by atoms with Crippen LogP contribution >= 0.6 is 0 Å². The Morgan fingerprint density at radius 3 is 2.36 bits per heavy atom. The second-order valence-electron chi connectivity index (χ2n) is 11.7. The number of benzene rings is 2. The lowest BCUT2D eigenvalue weighted by molar-refractivity contribution is -0.0915. The molecule has 12 heteroatoms. The van der Waals surface area contributed by atoms with Crippen LogP contribution in [0.1, 0.15) is 39.2 Å². The number of nitrogens with one attached hydrogen (secondary N) is 1. The minimum atomic E-state index is -3.97. The number of rotatable bonds is 16. The van der Waals surface area contributed by atoms with Gasteiger partial charge in [-0.15, -0.1) is 0 Å². The molecule has 0 aliphatic carbocycles. The highest BCUT2D eigenvalue weighted by Crippen LogP contribution is 2.35. The van der Waals surface area contributed by atoms with Crippen LogP contribution in [0.25, 0.3) is 0 Å². The number of hydrogen-bond acceptors (Lipinski definition) is 9. The van der Waals surface area contributed by atoms with Gasteiger partial charge >= 0.3 is 6.09 Å². The number of nitrogens with zero attached hydrogens (tertiary/aromatic N) is 1. The van der Waals surface area contributed by atoms with Crippen molar-refractivity contribution in [3.05, 3.63) is 60.2 Å². The first-order valence-electron chi connectivity index (χ1n) is 15.3. The highest BCUT2D eigenvalue weighted by molar-refractivity contribution is 7.89. The predicted octanol–water partition coefficient (Wildman–Crippen LogP) is 3.60.